The van der Waals surface area contributed by atoms with Gasteiger partial charge in [0, 0.05) is 49.6 Å². The number of amides is 2. The predicted molar refractivity (Wildman–Crippen MR) is 83.5 cm³/mol. The number of urea groups is 1. The molecule has 1 saturated heterocycles. The molecule has 22 heavy (non-hydrogen) atoms. The lowest BCUT2D eigenvalue weighted by atomic mass is 10.1. The summed E-state index contributed by atoms with van der Waals surface area (Å²) in [7, 11) is 2.05. The van der Waals surface area contributed by atoms with Gasteiger partial charge in [0.2, 0.25) is 0 Å². The van der Waals surface area contributed by atoms with Gasteiger partial charge in [0.05, 0.1) is 6.04 Å². The van der Waals surface area contributed by atoms with Gasteiger partial charge in [0.15, 0.2) is 0 Å². The Kier molecular flexibility index (Phi) is 4.06. The van der Waals surface area contributed by atoms with Crippen LogP contribution in [-0.4, -0.2) is 57.5 Å². The van der Waals surface area contributed by atoms with Crippen LogP contribution < -0.4 is 5.32 Å². The second-order valence-electron chi connectivity index (χ2n) is 5.53. The Balaban J connectivity index is 1.68. The zero-order valence-electron chi connectivity index (χ0n) is 12.8. The summed E-state index contributed by atoms with van der Waals surface area (Å²) in [6.45, 7) is 4.02. The van der Waals surface area contributed by atoms with E-state index in [0.717, 1.165) is 23.8 Å². The number of aromatic amines is 1. The molecule has 1 aliphatic rings. The minimum Gasteiger partial charge on any atom is -0.347 e. The van der Waals surface area contributed by atoms with E-state index in [1.165, 1.54) is 0 Å². The summed E-state index contributed by atoms with van der Waals surface area (Å²) in [5.74, 6) is 0.889. The fourth-order valence-corrected chi connectivity index (χ4v) is 2.64. The summed E-state index contributed by atoms with van der Waals surface area (Å²) in [5.41, 5.74) is 1.65. The number of aromatic nitrogens is 3. The fraction of sp³-hybridized carbons (Fsp3) is 0.400. The minimum atomic E-state index is -0.0877. The average molecular weight is 300 g/mol. The molecule has 0 aliphatic carbocycles. The summed E-state index contributed by atoms with van der Waals surface area (Å²) in [6.07, 6.45) is 5.24. The number of pyridine rings is 1. The zero-order valence-corrected chi connectivity index (χ0v) is 12.8. The van der Waals surface area contributed by atoms with Crippen LogP contribution in [0.15, 0.2) is 30.7 Å². The van der Waals surface area contributed by atoms with E-state index >= 15 is 0 Å². The molecule has 1 aliphatic heterocycles. The summed E-state index contributed by atoms with van der Waals surface area (Å²) < 4.78 is 0. The fourth-order valence-electron chi connectivity index (χ4n) is 2.64. The first-order chi connectivity index (χ1) is 10.6. The molecular formula is C15H20N6O. The van der Waals surface area contributed by atoms with Crippen LogP contribution in [0.25, 0.3) is 0 Å². The first-order valence-electron chi connectivity index (χ1n) is 7.31. The van der Waals surface area contributed by atoms with Crippen LogP contribution in [-0.2, 0) is 0 Å². The van der Waals surface area contributed by atoms with Gasteiger partial charge in [0.25, 0.3) is 0 Å². The molecular weight excluding hydrogens is 280 g/mol. The Morgan fingerprint density at radius 2 is 2.23 bits per heavy atom. The lowest BCUT2D eigenvalue weighted by Crippen LogP contribution is -2.50. The van der Waals surface area contributed by atoms with Gasteiger partial charge in [0.1, 0.15) is 5.82 Å². The number of H-pyrrole nitrogens is 1. The van der Waals surface area contributed by atoms with E-state index in [4.69, 9.17) is 0 Å². The molecule has 1 atom stereocenters. The Hall–Kier alpha value is -2.41. The number of aryl methyl sites for hydroxylation is 1. The largest absolute Gasteiger partial charge is 0.347 e. The van der Waals surface area contributed by atoms with Gasteiger partial charge in [-0.1, -0.05) is 0 Å². The van der Waals surface area contributed by atoms with Gasteiger partial charge >= 0.3 is 6.03 Å². The number of likely N-dealkylation sites (N-methyl/N-ethyl adjacent to an activating group) is 1. The SMILES string of the molecule is Cc1cc(NC(=O)N2CCN(C)[C@H](c3ncc[nH]3)C2)ccn1. The quantitative estimate of drug-likeness (QED) is 0.884. The van der Waals surface area contributed by atoms with E-state index in [2.05, 4.69) is 32.2 Å². The third kappa shape index (κ3) is 3.09. The van der Waals surface area contributed by atoms with Gasteiger partial charge in [-0.05, 0) is 26.1 Å². The average Bonchev–Trinajstić information content (AvgIpc) is 3.01. The van der Waals surface area contributed by atoms with E-state index in [1.54, 1.807) is 18.5 Å². The van der Waals surface area contributed by atoms with Crippen LogP contribution in [0.2, 0.25) is 0 Å². The number of hydrogen-bond acceptors (Lipinski definition) is 4. The van der Waals surface area contributed by atoms with Crippen LogP contribution >= 0.6 is 0 Å². The smallest absolute Gasteiger partial charge is 0.321 e. The lowest BCUT2D eigenvalue weighted by molar-refractivity contribution is 0.112. The van der Waals surface area contributed by atoms with Crippen LogP contribution in [0.1, 0.15) is 17.6 Å². The maximum Gasteiger partial charge on any atom is 0.321 e. The van der Waals surface area contributed by atoms with Crippen molar-refractivity contribution in [1.29, 1.82) is 0 Å². The number of carbonyl (C=O) groups excluding carboxylic acids is 1. The molecule has 2 aromatic rings. The molecule has 1 fully saturated rings. The number of piperazine rings is 1. The summed E-state index contributed by atoms with van der Waals surface area (Å²) in [6, 6.07) is 3.66. The van der Waals surface area contributed by atoms with Crippen LogP contribution in [0.5, 0.6) is 0 Å². The van der Waals surface area contributed by atoms with Crippen molar-refractivity contribution in [2.75, 3.05) is 32.0 Å². The molecule has 3 heterocycles. The maximum atomic E-state index is 12.4. The molecule has 0 spiro atoms. The molecule has 0 radical (unpaired) electrons. The Labute approximate surface area is 129 Å². The molecule has 3 rings (SSSR count). The summed E-state index contributed by atoms with van der Waals surface area (Å²) in [4.78, 5) is 28.1. The van der Waals surface area contributed by atoms with Crippen molar-refractivity contribution in [2.45, 2.75) is 13.0 Å². The van der Waals surface area contributed by atoms with Crippen molar-refractivity contribution in [2.24, 2.45) is 0 Å². The van der Waals surface area contributed by atoms with Crippen molar-refractivity contribution in [3.63, 3.8) is 0 Å². The maximum absolute atomic E-state index is 12.4. The Morgan fingerprint density at radius 1 is 1.36 bits per heavy atom. The highest BCUT2D eigenvalue weighted by Gasteiger charge is 2.29. The van der Waals surface area contributed by atoms with E-state index in [-0.39, 0.29) is 12.1 Å². The molecule has 7 heteroatoms. The number of rotatable bonds is 2. The molecule has 0 aromatic carbocycles. The number of anilines is 1. The molecule has 2 N–H and O–H groups in total. The van der Waals surface area contributed by atoms with E-state index in [0.29, 0.717) is 13.1 Å². The summed E-state index contributed by atoms with van der Waals surface area (Å²) in [5, 5.41) is 2.93. The van der Waals surface area contributed by atoms with Gasteiger partial charge in [-0.3, -0.25) is 9.88 Å². The normalized spacial score (nSPS) is 19.2. The predicted octanol–water partition coefficient (Wildman–Crippen LogP) is 1.63. The van der Waals surface area contributed by atoms with Crippen molar-refractivity contribution in [1.82, 2.24) is 24.8 Å². The monoisotopic (exact) mass is 300 g/mol. The first kappa shape index (κ1) is 14.5. The van der Waals surface area contributed by atoms with Gasteiger partial charge in [-0.15, -0.1) is 0 Å². The second kappa shape index (κ2) is 6.15. The molecule has 0 unspecified atom stereocenters. The van der Waals surface area contributed by atoms with Crippen molar-refractivity contribution >= 4 is 11.7 Å². The number of nitrogens with one attached hydrogen (secondary N) is 2. The molecule has 2 amide bonds. The number of imidazole rings is 1. The Bertz CT molecular complexity index is 641. The molecule has 7 nitrogen and oxygen atoms in total. The van der Waals surface area contributed by atoms with Crippen molar-refractivity contribution < 1.29 is 4.79 Å². The van der Waals surface area contributed by atoms with Crippen LogP contribution in [0, 0.1) is 6.92 Å². The topological polar surface area (TPSA) is 77.2 Å². The lowest BCUT2D eigenvalue weighted by Gasteiger charge is -2.38. The van der Waals surface area contributed by atoms with Crippen LogP contribution in [0.4, 0.5) is 10.5 Å². The van der Waals surface area contributed by atoms with Crippen LogP contribution in [0.3, 0.4) is 0 Å². The molecule has 0 bridgehead atoms. The van der Waals surface area contributed by atoms with Crippen molar-refractivity contribution in [3.05, 3.63) is 42.2 Å². The molecule has 0 saturated carbocycles. The highest BCUT2D eigenvalue weighted by molar-refractivity contribution is 5.89. The molecule has 2 aromatic heterocycles. The third-order valence-corrected chi connectivity index (χ3v) is 3.92. The standard InChI is InChI=1S/C15H20N6O/c1-11-9-12(3-4-16-11)19-15(22)21-8-7-20(2)13(10-21)14-17-5-6-18-14/h3-6,9,13H,7-8,10H2,1-2H3,(H,17,18)(H,16,19,22)/t13-/m0/s1. The van der Waals surface area contributed by atoms with Gasteiger partial charge in [-0.2, -0.15) is 0 Å². The highest BCUT2D eigenvalue weighted by atomic mass is 16.2. The summed E-state index contributed by atoms with van der Waals surface area (Å²) >= 11 is 0. The minimum absolute atomic E-state index is 0.0877. The Morgan fingerprint density at radius 3 is 2.95 bits per heavy atom. The first-order valence-corrected chi connectivity index (χ1v) is 7.31. The van der Waals surface area contributed by atoms with E-state index in [9.17, 15) is 4.79 Å². The zero-order chi connectivity index (χ0) is 15.5. The number of hydrogen-bond donors (Lipinski definition) is 2. The number of carbonyl (C=O) groups is 1. The van der Waals surface area contributed by atoms with Gasteiger partial charge < -0.3 is 15.2 Å². The van der Waals surface area contributed by atoms with Crippen molar-refractivity contribution in [3.8, 4) is 0 Å². The highest BCUT2D eigenvalue weighted by Crippen LogP contribution is 2.21. The number of nitrogens with zero attached hydrogens (tertiary/aromatic N) is 4. The van der Waals surface area contributed by atoms with Gasteiger partial charge in [-0.25, -0.2) is 9.78 Å². The van der Waals surface area contributed by atoms with E-state index < -0.39 is 0 Å². The molecule has 116 valence electrons. The second-order valence-corrected chi connectivity index (χ2v) is 5.53. The van der Waals surface area contributed by atoms with E-state index in [1.807, 2.05) is 24.1 Å². The third-order valence-electron chi connectivity index (χ3n) is 3.92.